The van der Waals surface area contributed by atoms with Gasteiger partial charge in [0.15, 0.2) is 0 Å². The summed E-state index contributed by atoms with van der Waals surface area (Å²) in [6.45, 7) is 13.6. The highest BCUT2D eigenvalue weighted by Crippen LogP contribution is 2.29. The number of nitrogens with one attached hydrogen (secondary N) is 4. The lowest BCUT2D eigenvalue weighted by molar-refractivity contribution is 0.0986. The molecule has 0 saturated heterocycles. The Balaban J connectivity index is 1.20. The number of carbonyl (C=O) groups is 4. The van der Waals surface area contributed by atoms with Crippen LogP contribution in [0.25, 0.3) is 0 Å². The first-order chi connectivity index (χ1) is 30.8. The molecule has 4 rings (SSSR count). The molecule has 0 radical (unpaired) electrons. The van der Waals surface area contributed by atoms with Crippen molar-refractivity contribution in [3.8, 4) is 0 Å². The van der Waals surface area contributed by atoms with Crippen LogP contribution in [-0.4, -0.2) is 99.9 Å². The van der Waals surface area contributed by atoms with Gasteiger partial charge in [-0.2, -0.15) is 0 Å². The van der Waals surface area contributed by atoms with Crippen molar-refractivity contribution in [1.29, 1.82) is 0 Å². The zero-order valence-corrected chi connectivity index (χ0v) is 37.6. The first-order valence-corrected chi connectivity index (χ1v) is 21.7. The normalized spacial score (nSPS) is 11.8. The summed E-state index contributed by atoms with van der Waals surface area (Å²) in [6.07, 6.45) is 11.8. The van der Waals surface area contributed by atoms with E-state index in [0.29, 0.717) is 62.3 Å². The van der Waals surface area contributed by atoms with Crippen LogP contribution in [-0.2, 0) is 45.1 Å². The molecule has 0 saturated carbocycles. The van der Waals surface area contributed by atoms with Crippen molar-refractivity contribution in [3.05, 3.63) is 109 Å². The predicted molar refractivity (Wildman–Crippen MR) is 236 cm³/mol. The lowest BCUT2D eigenvalue weighted by atomic mass is 9.83. The quantitative estimate of drug-likeness (QED) is 0.0290. The van der Waals surface area contributed by atoms with Gasteiger partial charge in [0.2, 0.25) is 0 Å². The van der Waals surface area contributed by atoms with Gasteiger partial charge in [0.05, 0.1) is 51.2 Å². The molecule has 64 heavy (non-hydrogen) atoms. The number of amides is 4. The van der Waals surface area contributed by atoms with Crippen LogP contribution in [0.5, 0.6) is 0 Å². The van der Waals surface area contributed by atoms with Crippen molar-refractivity contribution in [1.82, 2.24) is 31.1 Å². The maximum Gasteiger partial charge on any atom is 0.407 e. The Morgan fingerprint density at radius 1 is 0.469 bits per heavy atom. The van der Waals surface area contributed by atoms with Crippen LogP contribution in [0, 0.1) is 10.8 Å². The Hall–Kier alpha value is -6.14. The molecule has 0 aliphatic rings. The molecular weight excluding hydrogens is 829 g/mol. The van der Waals surface area contributed by atoms with E-state index >= 15 is 0 Å². The third-order valence-electron chi connectivity index (χ3n) is 10.2. The Morgan fingerprint density at radius 3 is 0.969 bits per heavy atom. The molecule has 4 heterocycles. The number of allylic oxidation sites excluding steroid dienone is 2. The molecule has 4 amide bonds. The molecule has 4 N–H and O–H groups in total. The van der Waals surface area contributed by atoms with Gasteiger partial charge in [-0.25, -0.2) is 19.2 Å². The van der Waals surface area contributed by atoms with Crippen LogP contribution in [0.3, 0.4) is 0 Å². The minimum atomic E-state index is -0.544. The fraction of sp³-hybridized carbons (Fsp3) is 0.522. The van der Waals surface area contributed by atoms with E-state index < -0.39 is 24.4 Å². The lowest BCUT2D eigenvalue weighted by Crippen LogP contribution is -2.36. The van der Waals surface area contributed by atoms with E-state index in [4.69, 9.17) is 36.6 Å². The van der Waals surface area contributed by atoms with Crippen molar-refractivity contribution < 1.29 is 55.8 Å². The number of ether oxygens (including phenoxy) is 4. The number of furan rings is 4. The predicted octanol–water partition coefficient (Wildman–Crippen LogP) is 7.84. The fourth-order valence-electron chi connectivity index (χ4n) is 6.16. The summed E-state index contributed by atoms with van der Waals surface area (Å²) in [4.78, 5) is 53.5. The number of hydrogen-bond donors (Lipinski definition) is 4. The standard InChI is InChI=1S/C46H66N6O12/c1-45(2,17-19-51(21-29-61-41(53)47-33-37-11-7-25-57-37)22-30-62-42(54)48-34-38-12-8-26-58-38)15-5-6-16-46(3,4)18-20-52(23-31-63-43(55)49-35-39-13-9-27-59-39)24-32-64-44(56)50-36-40-14-10-28-60-40/h5-14,25-28H,15-24,29-36H2,1-4H3,(H,47,53)(H,48,54)(H,49,55)(H,50,56)/b6-5-. The monoisotopic (exact) mass is 894 g/mol. The molecular formula is C46H66N6O12. The number of hydrogen-bond acceptors (Lipinski definition) is 14. The van der Waals surface area contributed by atoms with Gasteiger partial charge in [0.1, 0.15) is 49.5 Å². The summed E-state index contributed by atoms with van der Waals surface area (Å²) < 4.78 is 42.7. The summed E-state index contributed by atoms with van der Waals surface area (Å²) in [5, 5.41) is 10.7. The SMILES string of the molecule is CC(C)(C/C=C\CC(C)(C)CCN(CCOC(=O)NCc1ccco1)CCOC(=O)NCc1ccco1)CCN(CCOC(=O)NCc1ccco1)CCOC(=O)NCc1ccco1. The van der Waals surface area contributed by atoms with Crippen molar-refractivity contribution in [2.45, 2.75) is 79.6 Å². The van der Waals surface area contributed by atoms with E-state index in [1.807, 2.05) is 0 Å². The lowest BCUT2D eigenvalue weighted by Gasteiger charge is -2.29. The molecule has 0 atom stereocenters. The first kappa shape index (κ1) is 50.5. The summed E-state index contributed by atoms with van der Waals surface area (Å²) in [5.41, 5.74) is -0.0977. The van der Waals surface area contributed by atoms with Crippen LogP contribution in [0.15, 0.2) is 103 Å². The molecule has 0 aliphatic carbocycles. The van der Waals surface area contributed by atoms with Gasteiger partial charge < -0.3 is 57.9 Å². The number of carbonyl (C=O) groups excluding carboxylic acids is 4. The Morgan fingerprint density at radius 2 is 0.734 bits per heavy atom. The molecule has 4 aromatic heterocycles. The Bertz CT molecular complexity index is 1640. The molecule has 18 nitrogen and oxygen atoms in total. The maximum atomic E-state index is 12.3. The van der Waals surface area contributed by atoms with Crippen LogP contribution in [0.2, 0.25) is 0 Å². The van der Waals surface area contributed by atoms with E-state index in [-0.39, 0.29) is 63.4 Å². The zero-order chi connectivity index (χ0) is 45.9. The van der Waals surface area contributed by atoms with Crippen LogP contribution < -0.4 is 21.3 Å². The number of rotatable bonds is 30. The van der Waals surface area contributed by atoms with Crippen molar-refractivity contribution in [3.63, 3.8) is 0 Å². The maximum absolute atomic E-state index is 12.3. The van der Waals surface area contributed by atoms with Crippen LogP contribution in [0.4, 0.5) is 19.2 Å². The van der Waals surface area contributed by atoms with Crippen molar-refractivity contribution >= 4 is 24.4 Å². The average molecular weight is 895 g/mol. The topological polar surface area (TPSA) is 212 Å². The third-order valence-corrected chi connectivity index (χ3v) is 10.2. The fourth-order valence-corrected chi connectivity index (χ4v) is 6.16. The van der Waals surface area contributed by atoms with E-state index in [2.05, 4.69) is 70.9 Å². The van der Waals surface area contributed by atoms with Gasteiger partial charge in [0, 0.05) is 26.2 Å². The Kier molecular flexibility index (Phi) is 22.0. The summed E-state index contributed by atoms with van der Waals surface area (Å²) >= 11 is 0. The highest BCUT2D eigenvalue weighted by Gasteiger charge is 2.21. The van der Waals surface area contributed by atoms with Gasteiger partial charge in [-0.3, -0.25) is 9.80 Å². The van der Waals surface area contributed by atoms with Crippen LogP contribution >= 0.6 is 0 Å². The summed E-state index contributed by atoms with van der Waals surface area (Å²) in [6, 6.07) is 14.1. The molecule has 0 fully saturated rings. The Labute approximate surface area is 375 Å². The molecule has 18 heteroatoms. The average Bonchev–Trinajstić information content (AvgIpc) is 4.13. The second-order valence-corrected chi connectivity index (χ2v) is 16.7. The second kappa shape index (κ2) is 27.8. The second-order valence-electron chi connectivity index (χ2n) is 16.7. The number of nitrogens with zero attached hydrogens (tertiary/aromatic N) is 2. The van der Waals surface area contributed by atoms with E-state index in [0.717, 1.165) is 25.7 Å². The van der Waals surface area contributed by atoms with Crippen LogP contribution in [0.1, 0.15) is 76.4 Å². The molecule has 0 aliphatic heterocycles. The smallest absolute Gasteiger partial charge is 0.407 e. The van der Waals surface area contributed by atoms with Gasteiger partial charge >= 0.3 is 24.4 Å². The minimum Gasteiger partial charge on any atom is -0.467 e. The third kappa shape index (κ3) is 22.3. The minimum absolute atomic E-state index is 0.0489. The summed E-state index contributed by atoms with van der Waals surface area (Å²) in [5.74, 6) is 2.50. The molecule has 0 unspecified atom stereocenters. The molecule has 0 spiro atoms. The highest BCUT2D eigenvalue weighted by molar-refractivity contribution is 5.68. The highest BCUT2D eigenvalue weighted by atomic mass is 16.6. The van der Waals surface area contributed by atoms with Gasteiger partial charge in [0.25, 0.3) is 0 Å². The number of alkyl carbamates (subject to hydrolysis) is 4. The van der Waals surface area contributed by atoms with E-state index in [1.54, 1.807) is 73.6 Å². The molecule has 0 bridgehead atoms. The first-order valence-electron chi connectivity index (χ1n) is 21.7. The molecule has 352 valence electrons. The van der Waals surface area contributed by atoms with E-state index in [1.165, 1.54) is 0 Å². The molecule has 0 aromatic carbocycles. The molecule has 4 aromatic rings. The summed E-state index contributed by atoms with van der Waals surface area (Å²) in [7, 11) is 0. The zero-order valence-electron chi connectivity index (χ0n) is 37.6. The largest absolute Gasteiger partial charge is 0.467 e. The van der Waals surface area contributed by atoms with Gasteiger partial charge in [-0.05, 0) is 98.1 Å². The van der Waals surface area contributed by atoms with Gasteiger partial charge in [-0.1, -0.05) is 39.8 Å². The van der Waals surface area contributed by atoms with Crippen molar-refractivity contribution in [2.75, 3.05) is 65.7 Å². The van der Waals surface area contributed by atoms with Gasteiger partial charge in [-0.15, -0.1) is 0 Å². The van der Waals surface area contributed by atoms with Crippen molar-refractivity contribution in [2.24, 2.45) is 10.8 Å². The van der Waals surface area contributed by atoms with E-state index in [9.17, 15) is 19.2 Å².